The molecule has 3 rings (SSSR count). The van der Waals surface area contributed by atoms with Gasteiger partial charge in [-0.25, -0.2) is 18.2 Å². The molecule has 0 fully saturated rings. The lowest BCUT2D eigenvalue weighted by Gasteiger charge is -2.01. The normalized spacial score (nSPS) is 11.1. The fraction of sp³-hybridized carbons (Fsp3) is 0. The number of hydrogen-bond acceptors (Lipinski definition) is 2. The highest BCUT2D eigenvalue weighted by atomic mass is 19.1. The van der Waals surface area contributed by atoms with Crippen LogP contribution in [-0.2, 0) is 0 Å². The van der Waals surface area contributed by atoms with E-state index in [9.17, 15) is 18.3 Å². The van der Waals surface area contributed by atoms with Crippen molar-refractivity contribution >= 4 is 11.0 Å². The second-order valence-corrected chi connectivity index (χ2v) is 4.00. The largest absolute Gasteiger partial charge is 0.507 e. The van der Waals surface area contributed by atoms with Crippen molar-refractivity contribution in [3.8, 4) is 17.1 Å². The van der Waals surface area contributed by atoms with Gasteiger partial charge in [0.1, 0.15) is 28.7 Å². The molecule has 0 unspecified atom stereocenters. The van der Waals surface area contributed by atoms with E-state index in [2.05, 4.69) is 9.97 Å². The molecule has 0 bridgehead atoms. The number of imidazole rings is 1. The molecule has 96 valence electrons. The zero-order chi connectivity index (χ0) is 13.6. The summed E-state index contributed by atoms with van der Waals surface area (Å²) in [6.07, 6.45) is 0. The maximum absolute atomic E-state index is 13.7. The third-order valence-corrected chi connectivity index (χ3v) is 2.73. The highest BCUT2D eigenvalue weighted by Gasteiger charge is 2.16. The topological polar surface area (TPSA) is 48.9 Å². The predicted molar refractivity (Wildman–Crippen MR) is 63.1 cm³/mol. The van der Waals surface area contributed by atoms with E-state index in [-0.39, 0.29) is 28.2 Å². The summed E-state index contributed by atoms with van der Waals surface area (Å²) in [5.41, 5.74) is -0.201. The van der Waals surface area contributed by atoms with Crippen LogP contribution in [0.2, 0.25) is 0 Å². The summed E-state index contributed by atoms with van der Waals surface area (Å²) < 4.78 is 40.2. The number of benzene rings is 2. The van der Waals surface area contributed by atoms with Gasteiger partial charge in [-0.15, -0.1) is 0 Å². The van der Waals surface area contributed by atoms with Crippen molar-refractivity contribution in [2.24, 2.45) is 0 Å². The Morgan fingerprint density at radius 3 is 2.58 bits per heavy atom. The Labute approximate surface area is 105 Å². The van der Waals surface area contributed by atoms with Gasteiger partial charge in [0, 0.05) is 6.07 Å². The zero-order valence-electron chi connectivity index (χ0n) is 9.42. The molecule has 0 aliphatic carbocycles. The van der Waals surface area contributed by atoms with Crippen molar-refractivity contribution in [3.05, 3.63) is 47.8 Å². The molecule has 0 atom stereocenters. The molecule has 6 heteroatoms. The fourth-order valence-corrected chi connectivity index (χ4v) is 1.91. The molecule has 3 nitrogen and oxygen atoms in total. The minimum Gasteiger partial charge on any atom is -0.507 e. The van der Waals surface area contributed by atoms with Gasteiger partial charge in [-0.1, -0.05) is 6.07 Å². The quantitative estimate of drug-likeness (QED) is 0.708. The SMILES string of the molecule is Oc1cccc(F)c1-c1nc2c(F)cc(F)cc2[nH]1. The molecular weight excluding hydrogens is 257 g/mol. The van der Waals surface area contributed by atoms with Gasteiger partial charge in [-0.2, -0.15) is 0 Å². The summed E-state index contributed by atoms with van der Waals surface area (Å²) in [5, 5.41) is 9.63. The molecule has 2 N–H and O–H groups in total. The fourth-order valence-electron chi connectivity index (χ4n) is 1.91. The molecular formula is C13H7F3N2O. The first kappa shape index (κ1) is 11.6. The Morgan fingerprint density at radius 1 is 1.05 bits per heavy atom. The van der Waals surface area contributed by atoms with Crippen molar-refractivity contribution in [1.29, 1.82) is 0 Å². The Morgan fingerprint density at radius 2 is 1.84 bits per heavy atom. The summed E-state index contributed by atoms with van der Waals surface area (Å²) in [4.78, 5) is 6.43. The van der Waals surface area contributed by atoms with E-state index in [0.29, 0.717) is 6.07 Å². The van der Waals surface area contributed by atoms with Gasteiger partial charge in [0.15, 0.2) is 5.82 Å². The van der Waals surface area contributed by atoms with Crippen LogP contribution in [0.4, 0.5) is 13.2 Å². The van der Waals surface area contributed by atoms with Crippen LogP contribution in [0.5, 0.6) is 5.75 Å². The number of hydrogen-bond donors (Lipinski definition) is 2. The number of aromatic amines is 1. The van der Waals surface area contributed by atoms with Crippen molar-refractivity contribution in [3.63, 3.8) is 0 Å². The number of halogens is 3. The van der Waals surface area contributed by atoms with Gasteiger partial charge in [0.05, 0.1) is 11.1 Å². The van der Waals surface area contributed by atoms with Crippen molar-refractivity contribution in [1.82, 2.24) is 9.97 Å². The summed E-state index contributed by atoms with van der Waals surface area (Å²) in [6.45, 7) is 0. The van der Waals surface area contributed by atoms with Crippen LogP contribution in [-0.4, -0.2) is 15.1 Å². The third kappa shape index (κ3) is 1.81. The molecule has 0 spiro atoms. The van der Waals surface area contributed by atoms with Crippen LogP contribution in [0.3, 0.4) is 0 Å². The van der Waals surface area contributed by atoms with Gasteiger partial charge in [0.25, 0.3) is 0 Å². The Bertz CT molecular complexity index is 763. The Balaban J connectivity index is 2.30. The number of fused-ring (bicyclic) bond motifs is 1. The molecule has 0 aliphatic rings. The highest BCUT2D eigenvalue weighted by molar-refractivity contribution is 5.81. The minimum atomic E-state index is -0.853. The van der Waals surface area contributed by atoms with E-state index < -0.39 is 17.5 Å². The molecule has 0 saturated carbocycles. The smallest absolute Gasteiger partial charge is 0.153 e. The number of H-pyrrole nitrogens is 1. The summed E-state index contributed by atoms with van der Waals surface area (Å²) in [6, 6.07) is 5.49. The lowest BCUT2D eigenvalue weighted by Crippen LogP contribution is -1.87. The second-order valence-electron chi connectivity index (χ2n) is 4.00. The molecule has 1 aromatic heterocycles. The van der Waals surface area contributed by atoms with Gasteiger partial charge in [0.2, 0.25) is 0 Å². The number of nitrogens with one attached hydrogen (secondary N) is 1. The first-order valence-corrected chi connectivity index (χ1v) is 5.39. The number of rotatable bonds is 1. The van der Waals surface area contributed by atoms with E-state index in [1.54, 1.807) is 0 Å². The lowest BCUT2D eigenvalue weighted by atomic mass is 10.2. The molecule has 0 aliphatic heterocycles. The van der Waals surface area contributed by atoms with E-state index in [1.807, 2.05) is 0 Å². The van der Waals surface area contributed by atoms with Crippen LogP contribution < -0.4 is 0 Å². The Hall–Kier alpha value is -2.50. The number of phenolic OH excluding ortho intramolecular Hbond substituents is 1. The molecule has 3 aromatic rings. The average Bonchev–Trinajstić information content (AvgIpc) is 2.72. The first-order valence-electron chi connectivity index (χ1n) is 5.39. The molecule has 1 heterocycles. The standard InChI is InChI=1S/C13H7F3N2O/c14-6-4-8(16)12-9(5-6)17-13(18-12)11-7(15)2-1-3-10(11)19/h1-5,19H,(H,17,18). The zero-order valence-corrected chi connectivity index (χ0v) is 9.42. The van der Waals surface area contributed by atoms with Gasteiger partial charge in [-0.05, 0) is 18.2 Å². The van der Waals surface area contributed by atoms with Crippen LogP contribution in [0.1, 0.15) is 0 Å². The van der Waals surface area contributed by atoms with Gasteiger partial charge < -0.3 is 10.1 Å². The number of aromatic hydroxyl groups is 1. The summed E-state index contributed by atoms with van der Waals surface area (Å²) in [5.74, 6) is -2.72. The number of aromatic nitrogens is 2. The molecule has 0 amide bonds. The average molecular weight is 264 g/mol. The van der Waals surface area contributed by atoms with Crippen LogP contribution in [0, 0.1) is 17.5 Å². The highest BCUT2D eigenvalue weighted by Crippen LogP contribution is 2.31. The molecule has 19 heavy (non-hydrogen) atoms. The lowest BCUT2D eigenvalue weighted by molar-refractivity contribution is 0.471. The summed E-state index contributed by atoms with van der Waals surface area (Å²) in [7, 11) is 0. The van der Waals surface area contributed by atoms with E-state index in [0.717, 1.165) is 12.1 Å². The monoisotopic (exact) mass is 264 g/mol. The minimum absolute atomic E-state index is 0.0601. The van der Waals surface area contributed by atoms with Crippen molar-refractivity contribution in [2.75, 3.05) is 0 Å². The first-order chi connectivity index (χ1) is 9.06. The maximum Gasteiger partial charge on any atom is 0.153 e. The predicted octanol–water partition coefficient (Wildman–Crippen LogP) is 3.35. The van der Waals surface area contributed by atoms with Crippen LogP contribution in [0.15, 0.2) is 30.3 Å². The van der Waals surface area contributed by atoms with Gasteiger partial charge >= 0.3 is 0 Å². The maximum atomic E-state index is 13.7. The molecule has 0 saturated heterocycles. The number of phenols is 1. The van der Waals surface area contributed by atoms with Crippen molar-refractivity contribution in [2.45, 2.75) is 0 Å². The van der Waals surface area contributed by atoms with Crippen LogP contribution in [0.25, 0.3) is 22.4 Å². The van der Waals surface area contributed by atoms with Gasteiger partial charge in [-0.3, -0.25) is 0 Å². The number of nitrogens with zero attached hydrogens (tertiary/aromatic N) is 1. The Kier molecular flexibility index (Phi) is 2.45. The molecule has 2 aromatic carbocycles. The van der Waals surface area contributed by atoms with E-state index >= 15 is 0 Å². The molecule has 0 radical (unpaired) electrons. The van der Waals surface area contributed by atoms with E-state index in [1.165, 1.54) is 12.1 Å². The van der Waals surface area contributed by atoms with Crippen LogP contribution >= 0.6 is 0 Å². The summed E-state index contributed by atoms with van der Waals surface area (Å²) >= 11 is 0. The second kappa shape index (κ2) is 4.01. The van der Waals surface area contributed by atoms with Crippen molar-refractivity contribution < 1.29 is 18.3 Å². The third-order valence-electron chi connectivity index (χ3n) is 2.73. The van der Waals surface area contributed by atoms with E-state index in [4.69, 9.17) is 0 Å².